The quantitative estimate of drug-likeness (QED) is 0.413. The van der Waals surface area contributed by atoms with Crippen molar-refractivity contribution in [1.82, 2.24) is 9.97 Å². The Morgan fingerprint density at radius 1 is 1.21 bits per heavy atom. The maximum atomic E-state index is 9.60. The average Bonchev–Trinajstić information content (AvgIpc) is 2.66. The first-order valence-electron chi connectivity index (χ1n) is 8.31. The van der Waals surface area contributed by atoms with Gasteiger partial charge in [0.2, 0.25) is 0 Å². The number of aliphatic hydroxyl groups is 2. The Bertz CT molecular complexity index is 989. The second-order valence-corrected chi connectivity index (χ2v) is 5.68. The summed E-state index contributed by atoms with van der Waals surface area (Å²) in [5.41, 5.74) is 2.15. The third-order valence-corrected chi connectivity index (χ3v) is 3.64. The van der Waals surface area contributed by atoms with Gasteiger partial charge in [-0.15, -0.1) is 18.8 Å². The van der Waals surface area contributed by atoms with E-state index >= 15 is 0 Å². The molecule has 0 spiro atoms. The van der Waals surface area contributed by atoms with Crippen LogP contribution < -0.4 is 14.8 Å². The van der Waals surface area contributed by atoms with Crippen molar-refractivity contribution in [3.8, 4) is 23.8 Å². The molecule has 0 saturated heterocycles. The molecule has 0 aliphatic carbocycles. The molecule has 0 saturated carbocycles. The highest BCUT2D eigenvalue weighted by Crippen LogP contribution is 2.35. The lowest BCUT2D eigenvalue weighted by molar-refractivity contribution is -0.00258. The molecule has 146 valence electrons. The SMILES string of the molecule is C#Cc1cccc(Nc2ncnc3cc(OCCO)c(OC(C)O)cc23)c1.Cl. The second kappa shape index (κ2) is 9.76. The number of halogens is 1. The van der Waals surface area contributed by atoms with Gasteiger partial charge in [0.05, 0.1) is 12.1 Å². The Morgan fingerprint density at radius 2 is 2.04 bits per heavy atom. The maximum absolute atomic E-state index is 9.60. The highest BCUT2D eigenvalue weighted by molar-refractivity contribution is 5.93. The van der Waals surface area contributed by atoms with Crippen molar-refractivity contribution in [1.29, 1.82) is 0 Å². The molecular weight excluding hydrogens is 382 g/mol. The summed E-state index contributed by atoms with van der Waals surface area (Å²) in [6, 6.07) is 10.8. The van der Waals surface area contributed by atoms with Gasteiger partial charge in [0.25, 0.3) is 0 Å². The fourth-order valence-electron chi connectivity index (χ4n) is 2.53. The zero-order chi connectivity index (χ0) is 19.2. The zero-order valence-electron chi connectivity index (χ0n) is 15.1. The fraction of sp³-hybridized carbons (Fsp3) is 0.200. The van der Waals surface area contributed by atoms with Crippen LogP contribution in [0.25, 0.3) is 10.9 Å². The summed E-state index contributed by atoms with van der Waals surface area (Å²) in [6.45, 7) is 1.44. The molecule has 0 aliphatic heterocycles. The zero-order valence-corrected chi connectivity index (χ0v) is 15.9. The van der Waals surface area contributed by atoms with E-state index in [0.717, 1.165) is 11.3 Å². The maximum Gasteiger partial charge on any atom is 0.194 e. The molecule has 1 heterocycles. The molecule has 1 unspecified atom stereocenters. The largest absolute Gasteiger partial charge is 0.487 e. The van der Waals surface area contributed by atoms with Crippen LogP contribution in [-0.2, 0) is 0 Å². The number of fused-ring (bicyclic) bond motifs is 1. The monoisotopic (exact) mass is 401 g/mol. The molecule has 0 fully saturated rings. The highest BCUT2D eigenvalue weighted by atomic mass is 35.5. The van der Waals surface area contributed by atoms with Crippen molar-refractivity contribution >= 4 is 34.8 Å². The Balaban J connectivity index is 0.00000280. The number of nitrogens with zero attached hydrogens (tertiary/aromatic N) is 2. The first kappa shape index (κ1) is 21.3. The number of hydrogen-bond acceptors (Lipinski definition) is 7. The molecule has 2 aromatic carbocycles. The number of aliphatic hydroxyl groups excluding tert-OH is 2. The van der Waals surface area contributed by atoms with Crippen LogP contribution in [0.15, 0.2) is 42.7 Å². The van der Waals surface area contributed by atoms with Gasteiger partial charge in [-0.2, -0.15) is 0 Å². The van der Waals surface area contributed by atoms with Gasteiger partial charge in [-0.3, -0.25) is 0 Å². The van der Waals surface area contributed by atoms with E-state index in [0.29, 0.717) is 28.2 Å². The van der Waals surface area contributed by atoms with Crippen molar-refractivity contribution in [2.75, 3.05) is 18.5 Å². The molecule has 8 heteroatoms. The summed E-state index contributed by atoms with van der Waals surface area (Å²) in [7, 11) is 0. The minimum Gasteiger partial charge on any atom is -0.487 e. The van der Waals surface area contributed by atoms with E-state index in [-0.39, 0.29) is 25.6 Å². The summed E-state index contributed by atoms with van der Waals surface area (Å²) in [6.07, 6.45) is 5.85. The Kier molecular flexibility index (Phi) is 7.41. The van der Waals surface area contributed by atoms with E-state index in [4.69, 9.17) is 21.0 Å². The van der Waals surface area contributed by atoms with Gasteiger partial charge in [-0.1, -0.05) is 12.0 Å². The molecule has 28 heavy (non-hydrogen) atoms. The van der Waals surface area contributed by atoms with Crippen molar-refractivity contribution in [2.45, 2.75) is 13.2 Å². The predicted octanol–water partition coefficient (Wildman–Crippen LogP) is 2.86. The van der Waals surface area contributed by atoms with Crippen LogP contribution in [0.2, 0.25) is 0 Å². The predicted molar refractivity (Wildman–Crippen MR) is 109 cm³/mol. The molecule has 1 atom stereocenters. The van der Waals surface area contributed by atoms with E-state index in [1.165, 1.54) is 13.3 Å². The molecule has 7 nitrogen and oxygen atoms in total. The number of hydrogen-bond donors (Lipinski definition) is 3. The van der Waals surface area contributed by atoms with Gasteiger partial charge < -0.3 is 25.0 Å². The van der Waals surface area contributed by atoms with Crippen LogP contribution in [0.5, 0.6) is 11.5 Å². The number of aromatic nitrogens is 2. The molecule has 0 radical (unpaired) electrons. The van der Waals surface area contributed by atoms with Crippen molar-refractivity contribution in [2.24, 2.45) is 0 Å². The third-order valence-electron chi connectivity index (χ3n) is 3.64. The number of benzene rings is 2. The number of terminal acetylenes is 1. The topological polar surface area (TPSA) is 96.7 Å². The number of anilines is 2. The van der Waals surface area contributed by atoms with E-state index < -0.39 is 6.29 Å². The van der Waals surface area contributed by atoms with Gasteiger partial charge in [-0.05, 0) is 31.2 Å². The van der Waals surface area contributed by atoms with E-state index in [1.54, 1.807) is 12.1 Å². The lowest BCUT2D eigenvalue weighted by Gasteiger charge is -2.16. The van der Waals surface area contributed by atoms with Gasteiger partial charge in [-0.25, -0.2) is 9.97 Å². The van der Waals surface area contributed by atoms with Crippen molar-refractivity contribution < 1.29 is 19.7 Å². The summed E-state index contributed by atoms with van der Waals surface area (Å²) >= 11 is 0. The van der Waals surface area contributed by atoms with E-state index in [2.05, 4.69) is 21.2 Å². The Hall–Kier alpha value is -3.05. The Labute approximate surface area is 168 Å². The molecule has 3 aromatic rings. The minimum absolute atomic E-state index is 0. The van der Waals surface area contributed by atoms with E-state index in [1.807, 2.05) is 24.3 Å². The third kappa shape index (κ3) is 5.02. The molecule has 0 amide bonds. The molecular formula is C20H20ClN3O4. The molecule has 3 rings (SSSR count). The number of ether oxygens (including phenoxy) is 2. The summed E-state index contributed by atoms with van der Waals surface area (Å²) in [4.78, 5) is 8.56. The highest BCUT2D eigenvalue weighted by Gasteiger charge is 2.14. The number of rotatable bonds is 7. The molecule has 3 N–H and O–H groups in total. The lowest BCUT2D eigenvalue weighted by atomic mass is 10.2. The average molecular weight is 402 g/mol. The summed E-state index contributed by atoms with van der Waals surface area (Å²) < 4.78 is 10.9. The van der Waals surface area contributed by atoms with Crippen LogP contribution in [0, 0.1) is 12.3 Å². The second-order valence-electron chi connectivity index (χ2n) is 5.68. The Morgan fingerprint density at radius 3 is 2.75 bits per heavy atom. The minimum atomic E-state index is -1.03. The summed E-state index contributed by atoms with van der Waals surface area (Å²) in [5, 5.41) is 22.5. The van der Waals surface area contributed by atoms with Gasteiger partial charge >= 0.3 is 0 Å². The van der Waals surface area contributed by atoms with Gasteiger partial charge in [0.1, 0.15) is 18.8 Å². The number of nitrogens with one attached hydrogen (secondary N) is 1. The normalized spacial score (nSPS) is 11.2. The molecule has 0 aliphatic rings. The molecule has 0 bridgehead atoms. The summed E-state index contributed by atoms with van der Waals surface area (Å²) in [5.74, 6) is 3.84. The van der Waals surface area contributed by atoms with E-state index in [9.17, 15) is 5.11 Å². The van der Waals surface area contributed by atoms with Crippen LogP contribution in [0.3, 0.4) is 0 Å². The smallest absolute Gasteiger partial charge is 0.194 e. The standard InChI is InChI=1S/C20H19N3O4.ClH/c1-3-14-5-4-6-15(9-14)23-20-16-10-19(27-13(2)25)18(26-8-7-24)11-17(16)21-12-22-20;/h1,4-6,9-13,24-25H,7-8H2,2H3,(H,21,22,23);1H. The van der Waals surface area contributed by atoms with Crippen LogP contribution in [0.4, 0.5) is 11.5 Å². The van der Waals surface area contributed by atoms with Crippen LogP contribution in [-0.4, -0.2) is 39.7 Å². The lowest BCUT2D eigenvalue weighted by Crippen LogP contribution is -2.12. The van der Waals surface area contributed by atoms with Gasteiger partial charge in [0, 0.05) is 22.7 Å². The van der Waals surface area contributed by atoms with Crippen LogP contribution in [0.1, 0.15) is 12.5 Å². The molecule has 1 aromatic heterocycles. The first-order valence-corrected chi connectivity index (χ1v) is 8.31. The van der Waals surface area contributed by atoms with Gasteiger partial charge in [0.15, 0.2) is 17.8 Å². The van der Waals surface area contributed by atoms with Crippen molar-refractivity contribution in [3.05, 3.63) is 48.3 Å². The van der Waals surface area contributed by atoms with Crippen LogP contribution >= 0.6 is 12.4 Å². The van der Waals surface area contributed by atoms with Crippen molar-refractivity contribution in [3.63, 3.8) is 0 Å². The first-order chi connectivity index (χ1) is 13.1. The fourth-order valence-corrected chi connectivity index (χ4v) is 2.53.